The first kappa shape index (κ1) is 8.02. The maximum Gasteiger partial charge on any atom is 0.277 e. The molecule has 1 heterocycles. The van der Waals surface area contributed by atoms with Crippen molar-refractivity contribution in [2.75, 3.05) is 0 Å². The molecule has 0 aromatic rings. The third-order valence-electron chi connectivity index (χ3n) is 1.17. The SMILES string of the molecule is O=S(=O)(O)[CH]1C=CC=[CH][Al]1. The lowest BCUT2D eigenvalue weighted by molar-refractivity contribution is 0.483. The van der Waals surface area contributed by atoms with Gasteiger partial charge in [0.1, 0.15) is 0 Å². The molecule has 0 bridgehead atoms. The summed E-state index contributed by atoms with van der Waals surface area (Å²) in [6.07, 6.45) is 4.93. The Kier molecular flexibility index (Phi) is 2.32. The molecular weight excluding hydrogens is 167 g/mol. The van der Waals surface area contributed by atoms with Crippen molar-refractivity contribution < 1.29 is 13.0 Å². The van der Waals surface area contributed by atoms with Gasteiger partial charge in [-0.25, -0.2) is 8.42 Å². The van der Waals surface area contributed by atoms with Crippen LogP contribution in [0.1, 0.15) is 0 Å². The van der Waals surface area contributed by atoms with E-state index in [1.54, 1.807) is 17.1 Å². The maximum atomic E-state index is 10.5. The molecule has 1 atom stereocenters. The molecule has 0 aromatic carbocycles. The Morgan fingerprint density at radius 1 is 1.40 bits per heavy atom. The lowest BCUT2D eigenvalue weighted by atomic mass is 10.5. The number of allylic oxidation sites excluding steroid dienone is 2. The van der Waals surface area contributed by atoms with Gasteiger partial charge in [0.2, 0.25) is 0 Å². The van der Waals surface area contributed by atoms with E-state index in [1.807, 2.05) is 0 Å². The van der Waals surface area contributed by atoms with Crippen LogP contribution in [-0.2, 0) is 10.1 Å². The van der Waals surface area contributed by atoms with Crippen LogP contribution in [0, 0.1) is 0 Å². The van der Waals surface area contributed by atoms with Gasteiger partial charge in [-0.1, -0.05) is 18.2 Å². The fraction of sp³-hybridized carbons (Fsp3) is 0.200. The Morgan fingerprint density at radius 3 is 2.40 bits per heavy atom. The summed E-state index contributed by atoms with van der Waals surface area (Å²) in [6, 6.07) is 0. The van der Waals surface area contributed by atoms with E-state index in [2.05, 4.69) is 0 Å². The topological polar surface area (TPSA) is 54.4 Å². The van der Waals surface area contributed by atoms with Crippen LogP contribution >= 0.6 is 0 Å². The molecule has 0 spiro atoms. The highest BCUT2D eigenvalue weighted by Gasteiger charge is 2.20. The van der Waals surface area contributed by atoms with E-state index in [9.17, 15) is 8.42 Å². The Morgan fingerprint density at radius 2 is 2.10 bits per heavy atom. The minimum atomic E-state index is -3.83. The molecule has 1 N–H and O–H groups in total. The summed E-state index contributed by atoms with van der Waals surface area (Å²) in [7, 11) is -3.83. The van der Waals surface area contributed by atoms with Crippen LogP contribution < -0.4 is 0 Å². The second-order valence-corrected chi connectivity index (χ2v) is 5.49. The van der Waals surface area contributed by atoms with Gasteiger partial charge in [0.15, 0.2) is 0 Å². The first-order valence-corrected chi connectivity index (χ1v) is 5.59. The number of rotatable bonds is 1. The van der Waals surface area contributed by atoms with E-state index in [1.165, 1.54) is 6.08 Å². The molecule has 1 radical (unpaired) electrons. The number of hydrogen-bond donors (Lipinski definition) is 1. The van der Waals surface area contributed by atoms with Crippen LogP contribution in [0.5, 0.6) is 0 Å². The fourth-order valence-electron chi connectivity index (χ4n) is 0.674. The second-order valence-electron chi connectivity index (χ2n) is 1.94. The minimum absolute atomic E-state index is 0.324. The largest absolute Gasteiger partial charge is 0.286 e. The van der Waals surface area contributed by atoms with Crippen molar-refractivity contribution in [2.45, 2.75) is 4.11 Å². The average molecular weight is 173 g/mol. The van der Waals surface area contributed by atoms with Gasteiger partial charge in [-0.15, -0.1) is 0 Å². The van der Waals surface area contributed by atoms with Crippen LogP contribution in [0.25, 0.3) is 0 Å². The van der Waals surface area contributed by atoms with E-state index in [-0.39, 0.29) is 15.2 Å². The van der Waals surface area contributed by atoms with Crippen molar-refractivity contribution in [1.82, 2.24) is 0 Å². The molecule has 10 heavy (non-hydrogen) atoms. The van der Waals surface area contributed by atoms with Crippen LogP contribution in [0.15, 0.2) is 23.2 Å². The van der Waals surface area contributed by atoms with Gasteiger partial charge in [0.05, 0.1) is 0 Å². The van der Waals surface area contributed by atoms with Crippen molar-refractivity contribution in [1.29, 1.82) is 0 Å². The zero-order valence-electron chi connectivity index (χ0n) is 5.14. The predicted molar refractivity (Wildman–Crippen MR) is 39.4 cm³/mol. The monoisotopic (exact) mass is 173 g/mol. The molecule has 1 aliphatic heterocycles. The molecule has 1 unspecified atom stereocenters. The van der Waals surface area contributed by atoms with Crippen LogP contribution in [0.4, 0.5) is 0 Å². The quantitative estimate of drug-likeness (QED) is 0.448. The van der Waals surface area contributed by atoms with E-state index >= 15 is 0 Å². The maximum absolute atomic E-state index is 10.5. The summed E-state index contributed by atoms with van der Waals surface area (Å²) in [4.78, 5) is 1.79. The normalized spacial score (nSPS) is 24.3. The molecular formula is C5H6AlO3S. The van der Waals surface area contributed by atoms with Crippen molar-refractivity contribution in [3.63, 3.8) is 0 Å². The molecule has 1 aliphatic rings. The summed E-state index contributed by atoms with van der Waals surface area (Å²) in [5, 5.41) is 0. The summed E-state index contributed by atoms with van der Waals surface area (Å²) < 4.78 is 28.9. The molecule has 0 amide bonds. The molecule has 0 saturated carbocycles. The molecule has 0 aliphatic carbocycles. The van der Waals surface area contributed by atoms with Gasteiger partial charge in [0.25, 0.3) is 25.3 Å². The minimum Gasteiger partial charge on any atom is -0.286 e. The Hall–Kier alpha value is -0.0775. The van der Waals surface area contributed by atoms with Gasteiger partial charge < -0.3 is 0 Å². The molecule has 5 heteroatoms. The van der Waals surface area contributed by atoms with Crippen LogP contribution in [0.3, 0.4) is 0 Å². The van der Waals surface area contributed by atoms with Crippen molar-refractivity contribution in [2.24, 2.45) is 0 Å². The standard InChI is InChI=1S/C5H6O3S.Al/c1-2-3-4-5-9(6,7)8;/h1-5H,(H,6,7,8);. The average Bonchev–Trinajstić information content (AvgIpc) is 1.88. The van der Waals surface area contributed by atoms with E-state index < -0.39 is 14.2 Å². The molecule has 0 aromatic heterocycles. The number of hydrogen-bond acceptors (Lipinski definition) is 2. The second kappa shape index (κ2) is 2.89. The van der Waals surface area contributed by atoms with Crippen molar-refractivity contribution in [3.05, 3.63) is 23.2 Å². The lowest BCUT2D eigenvalue weighted by Gasteiger charge is -2.06. The third-order valence-corrected chi connectivity index (χ3v) is 4.56. The molecule has 0 fully saturated rings. The van der Waals surface area contributed by atoms with Crippen molar-refractivity contribution in [3.8, 4) is 0 Å². The lowest BCUT2D eigenvalue weighted by Crippen LogP contribution is -2.24. The summed E-state index contributed by atoms with van der Waals surface area (Å²) >= 11 is -0.324. The summed E-state index contributed by atoms with van der Waals surface area (Å²) in [5.74, 6) is 0. The fourth-order valence-corrected chi connectivity index (χ4v) is 2.76. The summed E-state index contributed by atoms with van der Waals surface area (Å²) in [6.45, 7) is 0. The Bertz CT molecular complexity index is 265. The highest BCUT2D eigenvalue weighted by atomic mass is 32.2. The smallest absolute Gasteiger partial charge is 0.277 e. The van der Waals surface area contributed by atoms with Crippen molar-refractivity contribution >= 4 is 25.3 Å². The molecule has 1 rings (SSSR count). The third kappa shape index (κ3) is 1.96. The van der Waals surface area contributed by atoms with Crippen LogP contribution in [-0.4, -0.2) is 32.3 Å². The van der Waals surface area contributed by atoms with E-state index in [4.69, 9.17) is 4.55 Å². The first-order chi connectivity index (χ1) is 4.61. The highest BCUT2D eigenvalue weighted by molar-refractivity contribution is 7.88. The van der Waals surface area contributed by atoms with Gasteiger partial charge in [-0.3, -0.25) is 4.55 Å². The van der Waals surface area contributed by atoms with Gasteiger partial charge >= 0.3 is 0 Å². The van der Waals surface area contributed by atoms with Crippen LogP contribution in [0.2, 0.25) is 0 Å². The first-order valence-electron chi connectivity index (χ1n) is 2.75. The zero-order valence-corrected chi connectivity index (χ0v) is 7.11. The van der Waals surface area contributed by atoms with Gasteiger partial charge in [-0.05, 0) is 0 Å². The molecule has 53 valence electrons. The summed E-state index contributed by atoms with van der Waals surface area (Å²) in [5.41, 5.74) is 0. The molecule has 0 saturated heterocycles. The van der Waals surface area contributed by atoms with E-state index in [0.717, 1.165) is 0 Å². The van der Waals surface area contributed by atoms with Gasteiger partial charge in [-0.2, -0.15) is 4.94 Å². The Labute approximate surface area is 65.9 Å². The highest BCUT2D eigenvalue weighted by Crippen LogP contribution is 2.03. The zero-order chi connectivity index (χ0) is 7.61. The van der Waals surface area contributed by atoms with Gasteiger partial charge in [0, 0.05) is 4.11 Å². The Balaban J connectivity index is 2.79. The van der Waals surface area contributed by atoms with E-state index in [0.29, 0.717) is 0 Å². The predicted octanol–water partition coefficient (Wildman–Crippen LogP) is -0.0120. The molecule has 3 nitrogen and oxygen atoms in total.